The van der Waals surface area contributed by atoms with Crippen molar-refractivity contribution in [3.63, 3.8) is 0 Å². The predicted octanol–water partition coefficient (Wildman–Crippen LogP) is 1.53. The summed E-state index contributed by atoms with van der Waals surface area (Å²) in [7, 11) is 1.77. The number of amides is 2. The molecule has 1 aliphatic heterocycles. The number of aromatic nitrogens is 2. The van der Waals surface area contributed by atoms with Crippen molar-refractivity contribution in [2.45, 2.75) is 6.92 Å². The van der Waals surface area contributed by atoms with E-state index in [1.807, 2.05) is 6.92 Å². The first-order valence-corrected chi connectivity index (χ1v) is 5.58. The molecule has 5 heteroatoms. The van der Waals surface area contributed by atoms with Crippen molar-refractivity contribution in [3.8, 4) is 0 Å². The van der Waals surface area contributed by atoms with E-state index in [0.717, 1.165) is 10.6 Å². The molecule has 0 N–H and O–H groups in total. The van der Waals surface area contributed by atoms with E-state index in [1.165, 1.54) is 0 Å². The zero-order chi connectivity index (χ0) is 12.9. The fraction of sp³-hybridized carbons (Fsp3) is 0.154. The number of carbonyl (C=O) groups is 2. The summed E-state index contributed by atoms with van der Waals surface area (Å²) < 4.78 is 1.64. The molecule has 0 spiro atoms. The third-order valence-electron chi connectivity index (χ3n) is 3.12. The molecule has 2 amide bonds. The van der Waals surface area contributed by atoms with Gasteiger partial charge in [0.15, 0.2) is 5.82 Å². The van der Waals surface area contributed by atoms with Gasteiger partial charge in [-0.05, 0) is 19.1 Å². The summed E-state index contributed by atoms with van der Waals surface area (Å²) in [6.07, 6.45) is 0. The molecule has 18 heavy (non-hydrogen) atoms. The highest BCUT2D eigenvalue weighted by Crippen LogP contribution is 2.27. The Labute approximate surface area is 104 Å². The van der Waals surface area contributed by atoms with Crippen LogP contribution in [0.1, 0.15) is 26.4 Å². The van der Waals surface area contributed by atoms with Crippen molar-refractivity contribution in [2.75, 3.05) is 4.90 Å². The smallest absolute Gasteiger partial charge is 0.267 e. The minimum absolute atomic E-state index is 0.311. The molecule has 0 unspecified atom stereocenters. The van der Waals surface area contributed by atoms with Crippen LogP contribution in [-0.4, -0.2) is 21.6 Å². The highest BCUT2D eigenvalue weighted by atomic mass is 16.2. The number of anilines is 1. The van der Waals surface area contributed by atoms with E-state index in [2.05, 4.69) is 5.10 Å². The van der Waals surface area contributed by atoms with E-state index >= 15 is 0 Å². The molecule has 0 saturated carbocycles. The maximum absolute atomic E-state index is 12.2. The van der Waals surface area contributed by atoms with Crippen molar-refractivity contribution in [3.05, 3.63) is 47.2 Å². The van der Waals surface area contributed by atoms with Crippen LogP contribution in [0.3, 0.4) is 0 Å². The van der Waals surface area contributed by atoms with Crippen molar-refractivity contribution in [2.24, 2.45) is 7.05 Å². The average Bonchev–Trinajstić information content (AvgIpc) is 2.80. The normalized spacial score (nSPS) is 14.2. The highest BCUT2D eigenvalue weighted by molar-refractivity contribution is 6.34. The molecule has 0 fully saturated rings. The Balaban J connectivity index is 2.12. The van der Waals surface area contributed by atoms with Crippen LogP contribution in [0.5, 0.6) is 0 Å². The Morgan fingerprint density at radius 2 is 1.61 bits per heavy atom. The number of aryl methyl sites for hydroxylation is 2. The number of hydrogen-bond donors (Lipinski definition) is 0. The lowest BCUT2D eigenvalue weighted by Gasteiger charge is -2.09. The number of imide groups is 1. The predicted molar refractivity (Wildman–Crippen MR) is 65.5 cm³/mol. The summed E-state index contributed by atoms with van der Waals surface area (Å²) in [6, 6.07) is 8.53. The van der Waals surface area contributed by atoms with Crippen LogP contribution in [0.4, 0.5) is 5.82 Å². The van der Waals surface area contributed by atoms with Gasteiger partial charge in [0.25, 0.3) is 11.8 Å². The quantitative estimate of drug-likeness (QED) is 0.711. The van der Waals surface area contributed by atoms with Crippen molar-refractivity contribution < 1.29 is 9.59 Å². The fourth-order valence-electron chi connectivity index (χ4n) is 2.05. The van der Waals surface area contributed by atoms with E-state index < -0.39 is 0 Å². The van der Waals surface area contributed by atoms with Crippen LogP contribution >= 0.6 is 0 Å². The maximum Gasteiger partial charge on any atom is 0.267 e. The van der Waals surface area contributed by atoms with Crippen molar-refractivity contribution in [1.82, 2.24) is 9.78 Å². The van der Waals surface area contributed by atoms with Crippen molar-refractivity contribution in [1.29, 1.82) is 0 Å². The van der Waals surface area contributed by atoms with Gasteiger partial charge in [-0.1, -0.05) is 12.1 Å². The number of fused-ring (bicyclic) bond motifs is 1. The van der Waals surface area contributed by atoms with Gasteiger partial charge in [-0.25, -0.2) is 4.90 Å². The molecule has 2 aromatic rings. The van der Waals surface area contributed by atoms with Gasteiger partial charge >= 0.3 is 0 Å². The van der Waals surface area contributed by atoms with Gasteiger partial charge in [0, 0.05) is 18.8 Å². The molecule has 0 saturated heterocycles. The summed E-state index contributed by atoms with van der Waals surface area (Å²) in [5.74, 6) is -0.247. The zero-order valence-corrected chi connectivity index (χ0v) is 10.0. The summed E-state index contributed by atoms with van der Waals surface area (Å²) >= 11 is 0. The van der Waals surface area contributed by atoms with Crippen LogP contribution in [0.15, 0.2) is 30.3 Å². The maximum atomic E-state index is 12.2. The van der Waals surface area contributed by atoms with Gasteiger partial charge in [-0.15, -0.1) is 0 Å². The highest BCUT2D eigenvalue weighted by Gasteiger charge is 2.37. The van der Waals surface area contributed by atoms with Crippen molar-refractivity contribution >= 4 is 17.6 Å². The van der Waals surface area contributed by atoms with Gasteiger partial charge in [0.1, 0.15) is 0 Å². The molecule has 1 aliphatic rings. The van der Waals surface area contributed by atoms with Gasteiger partial charge in [-0.3, -0.25) is 14.3 Å². The second-order valence-corrected chi connectivity index (χ2v) is 4.26. The molecular weight excluding hydrogens is 230 g/mol. The van der Waals surface area contributed by atoms with Gasteiger partial charge < -0.3 is 0 Å². The first-order chi connectivity index (χ1) is 8.59. The third-order valence-corrected chi connectivity index (χ3v) is 3.12. The third kappa shape index (κ3) is 1.30. The second kappa shape index (κ2) is 3.53. The van der Waals surface area contributed by atoms with Crippen LogP contribution < -0.4 is 4.90 Å². The van der Waals surface area contributed by atoms with E-state index in [1.54, 1.807) is 42.1 Å². The number of carbonyl (C=O) groups excluding carboxylic acids is 2. The fourth-order valence-corrected chi connectivity index (χ4v) is 2.05. The lowest BCUT2D eigenvalue weighted by Crippen LogP contribution is -2.29. The first kappa shape index (κ1) is 10.7. The summed E-state index contributed by atoms with van der Waals surface area (Å²) in [5, 5.41) is 4.18. The lowest BCUT2D eigenvalue weighted by atomic mass is 10.1. The molecule has 2 heterocycles. The Morgan fingerprint density at radius 3 is 2.06 bits per heavy atom. The number of hydrogen-bond acceptors (Lipinski definition) is 3. The number of benzene rings is 1. The monoisotopic (exact) mass is 241 g/mol. The molecule has 0 atom stereocenters. The largest absolute Gasteiger partial charge is 0.271 e. The Morgan fingerprint density at radius 1 is 1.06 bits per heavy atom. The first-order valence-electron chi connectivity index (χ1n) is 5.58. The molecular formula is C13H11N3O2. The second-order valence-electron chi connectivity index (χ2n) is 4.26. The Bertz CT molecular complexity index is 618. The molecule has 3 rings (SSSR count). The minimum atomic E-state index is -0.311. The van der Waals surface area contributed by atoms with Crippen LogP contribution in [0, 0.1) is 6.92 Å². The van der Waals surface area contributed by atoms with Gasteiger partial charge in [0.05, 0.1) is 11.1 Å². The Hall–Kier alpha value is -2.43. The molecule has 5 nitrogen and oxygen atoms in total. The molecule has 1 aromatic carbocycles. The van der Waals surface area contributed by atoms with Gasteiger partial charge in [-0.2, -0.15) is 5.10 Å². The van der Waals surface area contributed by atoms with E-state index in [4.69, 9.17) is 0 Å². The lowest BCUT2D eigenvalue weighted by molar-refractivity contribution is 0.0925. The van der Waals surface area contributed by atoms with Gasteiger partial charge in [0.2, 0.25) is 0 Å². The summed E-state index contributed by atoms with van der Waals surface area (Å²) in [4.78, 5) is 25.5. The van der Waals surface area contributed by atoms with Crippen LogP contribution in [-0.2, 0) is 7.05 Å². The molecule has 0 radical (unpaired) electrons. The summed E-state index contributed by atoms with van der Waals surface area (Å²) in [5.41, 5.74) is 1.76. The number of rotatable bonds is 1. The van der Waals surface area contributed by atoms with Crippen LogP contribution in [0.25, 0.3) is 0 Å². The Kier molecular flexibility index (Phi) is 2.10. The SMILES string of the molecule is Cc1cc(N2C(=O)c3ccccc3C2=O)nn1C. The minimum Gasteiger partial charge on any atom is -0.271 e. The molecule has 0 bridgehead atoms. The van der Waals surface area contributed by atoms with E-state index in [9.17, 15) is 9.59 Å². The van der Waals surface area contributed by atoms with E-state index in [-0.39, 0.29) is 11.8 Å². The number of nitrogens with zero attached hydrogens (tertiary/aromatic N) is 3. The molecule has 1 aromatic heterocycles. The van der Waals surface area contributed by atoms with Crippen LogP contribution in [0.2, 0.25) is 0 Å². The average molecular weight is 241 g/mol. The zero-order valence-electron chi connectivity index (χ0n) is 10.0. The topological polar surface area (TPSA) is 55.2 Å². The molecule has 0 aliphatic carbocycles. The molecule has 90 valence electrons. The standard InChI is InChI=1S/C13H11N3O2/c1-8-7-11(14-15(8)2)16-12(17)9-5-3-4-6-10(9)13(16)18/h3-7H,1-2H3. The summed E-state index contributed by atoms with van der Waals surface area (Å²) in [6.45, 7) is 1.87. The van der Waals surface area contributed by atoms with E-state index in [0.29, 0.717) is 16.9 Å².